The Morgan fingerprint density at radius 1 is 0.551 bits per heavy atom. The van der Waals surface area contributed by atoms with E-state index in [1.807, 2.05) is 54.6 Å². The monoisotopic (exact) mass is 809 g/mol. The van der Waals surface area contributed by atoms with Gasteiger partial charge in [0.25, 0.3) is 0 Å². The molecule has 0 amide bonds. The van der Waals surface area contributed by atoms with Crippen molar-refractivity contribution in [2.75, 3.05) is 0 Å². The third-order valence-electron chi connectivity index (χ3n) is 9.44. The van der Waals surface area contributed by atoms with Crippen LogP contribution in [0.4, 0.5) is 0 Å². The van der Waals surface area contributed by atoms with Gasteiger partial charge in [0.1, 0.15) is 12.1 Å². The zero-order valence-electron chi connectivity index (χ0n) is 26.2. The van der Waals surface area contributed by atoms with Gasteiger partial charge in [-0.25, -0.2) is 4.98 Å². The Kier molecular flexibility index (Phi) is 7.74. The van der Waals surface area contributed by atoms with Crippen molar-refractivity contribution in [3.63, 3.8) is 0 Å². The number of nitrogens with zero attached hydrogens (tertiary/aromatic N) is 3. The van der Waals surface area contributed by atoms with Gasteiger partial charge >= 0.3 is 0 Å². The molecule has 2 heterocycles. The third kappa shape index (κ3) is 4.91. The van der Waals surface area contributed by atoms with Crippen LogP contribution in [0, 0.1) is 6.07 Å². The van der Waals surface area contributed by atoms with Gasteiger partial charge in [0.15, 0.2) is 0 Å². The fourth-order valence-electron chi connectivity index (χ4n) is 7.34. The fraction of sp³-hybridized carbons (Fsp3) is 0.0227. The van der Waals surface area contributed by atoms with Crippen molar-refractivity contribution >= 4 is 10.9 Å². The van der Waals surface area contributed by atoms with Crippen LogP contribution in [0.3, 0.4) is 0 Å². The average molecular weight is 810 g/mol. The van der Waals surface area contributed by atoms with Crippen molar-refractivity contribution in [1.82, 2.24) is 15.0 Å². The first-order valence-corrected chi connectivity index (χ1v) is 16.0. The summed E-state index contributed by atoms with van der Waals surface area (Å²) < 4.78 is 0. The second-order valence-corrected chi connectivity index (χ2v) is 12.1. The minimum absolute atomic E-state index is 0. The van der Waals surface area contributed by atoms with E-state index in [4.69, 9.17) is 9.97 Å². The number of phenols is 1. The van der Waals surface area contributed by atoms with E-state index in [1.54, 1.807) is 12.4 Å². The maximum Gasteiger partial charge on any atom is 0.124 e. The second kappa shape index (κ2) is 12.4. The number of fused-ring (bicyclic) bond motifs is 4. The number of hydrogen-bond donors (Lipinski definition) is 1. The number of pyridine rings is 1. The maximum absolute atomic E-state index is 10.9. The van der Waals surface area contributed by atoms with Crippen LogP contribution >= 0.6 is 0 Å². The van der Waals surface area contributed by atoms with E-state index >= 15 is 0 Å². The molecule has 5 heteroatoms. The van der Waals surface area contributed by atoms with Gasteiger partial charge in [-0.15, -0.1) is 34.9 Å². The molecular weight excluding hydrogens is 782 g/mol. The first-order chi connectivity index (χ1) is 23.7. The molecule has 0 bridgehead atoms. The van der Waals surface area contributed by atoms with Crippen LogP contribution < -0.4 is 0 Å². The van der Waals surface area contributed by atoms with Gasteiger partial charge in [-0.3, -0.25) is 9.97 Å². The van der Waals surface area contributed by atoms with E-state index < -0.39 is 5.41 Å². The van der Waals surface area contributed by atoms with Crippen LogP contribution in [0.5, 0.6) is 5.75 Å². The molecule has 0 saturated carbocycles. The predicted octanol–water partition coefficient (Wildman–Crippen LogP) is 9.89. The maximum atomic E-state index is 10.9. The van der Waals surface area contributed by atoms with Crippen LogP contribution in [0.1, 0.15) is 22.4 Å². The SMILES string of the molecule is Oc1ccccc1-c1cccc(C2(c3[c-]c(-c4ncnc5ccccc45)cc(-c4ccccc4)c3)c3ccccc3-c3ccccc32)n1.[Pt]. The number of phenolic OH excluding ortho intramolecular Hbond substituents is 1. The van der Waals surface area contributed by atoms with Gasteiger partial charge in [0.05, 0.1) is 22.3 Å². The van der Waals surface area contributed by atoms with Crippen molar-refractivity contribution in [1.29, 1.82) is 0 Å². The Balaban J connectivity index is 0.00000348. The molecule has 0 unspecified atom stereocenters. The zero-order chi connectivity index (χ0) is 32.1. The zero-order valence-corrected chi connectivity index (χ0v) is 28.5. The molecule has 4 nitrogen and oxygen atoms in total. The number of para-hydroxylation sites is 2. The summed E-state index contributed by atoms with van der Waals surface area (Å²) in [4.78, 5) is 14.8. The second-order valence-electron chi connectivity index (χ2n) is 12.1. The molecule has 9 rings (SSSR count). The quantitative estimate of drug-likeness (QED) is 0.176. The molecule has 0 fully saturated rings. The van der Waals surface area contributed by atoms with Gasteiger partial charge in [-0.05, 0) is 69.2 Å². The summed E-state index contributed by atoms with van der Waals surface area (Å²) in [5.74, 6) is 0.194. The van der Waals surface area contributed by atoms with Gasteiger partial charge < -0.3 is 5.11 Å². The summed E-state index contributed by atoms with van der Waals surface area (Å²) in [5.41, 5.74) is 11.7. The van der Waals surface area contributed by atoms with Gasteiger partial charge in [0.2, 0.25) is 0 Å². The Hall–Kier alpha value is -5.70. The molecule has 236 valence electrons. The molecule has 1 aliphatic rings. The van der Waals surface area contributed by atoms with Crippen molar-refractivity contribution in [3.8, 4) is 50.5 Å². The molecule has 0 aliphatic heterocycles. The van der Waals surface area contributed by atoms with Crippen LogP contribution in [0.2, 0.25) is 0 Å². The van der Waals surface area contributed by atoms with E-state index in [-0.39, 0.29) is 26.8 Å². The van der Waals surface area contributed by atoms with Gasteiger partial charge in [0, 0.05) is 26.6 Å². The van der Waals surface area contributed by atoms with Crippen molar-refractivity contribution in [2.45, 2.75) is 5.41 Å². The summed E-state index contributed by atoms with van der Waals surface area (Å²) in [6.45, 7) is 0. The van der Waals surface area contributed by atoms with E-state index in [9.17, 15) is 5.11 Å². The van der Waals surface area contributed by atoms with E-state index in [0.29, 0.717) is 11.3 Å². The molecular formula is C44H28N3OPt-. The molecule has 0 atom stereocenters. The minimum atomic E-state index is -0.823. The number of hydrogen-bond acceptors (Lipinski definition) is 4. The van der Waals surface area contributed by atoms with Crippen molar-refractivity contribution in [2.24, 2.45) is 0 Å². The fourth-order valence-corrected chi connectivity index (χ4v) is 7.34. The number of aromatic hydroxyl groups is 1. The molecule has 8 aromatic rings. The number of aromatic nitrogens is 3. The largest absolute Gasteiger partial charge is 0.507 e. The third-order valence-corrected chi connectivity index (χ3v) is 9.44. The van der Waals surface area contributed by atoms with E-state index in [0.717, 1.165) is 66.8 Å². The summed E-state index contributed by atoms with van der Waals surface area (Å²) in [6, 6.07) is 57.6. The van der Waals surface area contributed by atoms with E-state index in [1.165, 1.54) is 0 Å². The van der Waals surface area contributed by atoms with Crippen molar-refractivity contribution in [3.05, 3.63) is 193 Å². The first kappa shape index (κ1) is 30.6. The van der Waals surface area contributed by atoms with Crippen LogP contribution in [-0.2, 0) is 26.5 Å². The molecule has 49 heavy (non-hydrogen) atoms. The molecule has 0 spiro atoms. The summed E-state index contributed by atoms with van der Waals surface area (Å²) in [6.07, 6.45) is 1.63. The summed E-state index contributed by atoms with van der Waals surface area (Å²) in [7, 11) is 0. The van der Waals surface area contributed by atoms with Crippen LogP contribution in [0.25, 0.3) is 55.7 Å². The molecule has 0 radical (unpaired) electrons. The Morgan fingerprint density at radius 2 is 1.20 bits per heavy atom. The van der Waals surface area contributed by atoms with Gasteiger partial charge in [-0.2, -0.15) is 0 Å². The number of rotatable bonds is 5. The normalized spacial score (nSPS) is 12.6. The van der Waals surface area contributed by atoms with Crippen LogP contribution in [0.15, 0.2) is 164 Å². The molecule has 1 aliphatic carbocycles. The molecule has 1 N–H and O–H groups in total. The summed E-state index contributed by atoms with van der Waals surface area (Å²) in [5, 5.41) is 11.8. The Bertz CT molecular complexity index is 2440. The molecule has 0 saturated heterocycles. The predicted molar refractivity (Wildman–Crippen MR) is 191 cm³/mol. The standard InChI is InChI=1S/C44H28N3O.Pt/c48-41-23-11-7-17-35(41)40-22-12-24-42(47-40)44(37-19-8-4-15-33(37)34-16-5-9-20-38(34)44)32-26-30(29-13-2-1-3-14-29)25-31(27-32)43-36-18-6-10-21-39(36)45-28-46-43;/h1-26,28,48H;/q-1;. The van der Waals surface area contributed by atoms with Gasteiger partial charge in [-0.1, -0.05) is 115 Å². The smallest absolute Gasteiger partial charge is 0.124 e. The Labute approximate surface area is 299 Å². The number of benzene rings is 6. The minimum Gasteiger partial charge on any atom is -0.507 e. The van der Waals surface area contributed by atoms with Crippen LogP contribution in [-0.4, -0.2) is 20.1 Å². The molecule has 2 aromatic heterocycles. The summed E-state index contributed by atoms with van der Waals surface area (Å²) >= 11 is 0. The average Bonchev–Trinajstić information content (AvgIpc) is 3.46. The Morgan fingerprint density at radius 3 is 1.96 bits per heavy atom. The van der Waals surface area contributed by atoms with E-state index in [2.05, 4.69) is 108 Å². The topological polar surface area (TPSA) is 58.9 Å². The first-order valence-electron chi connectivity index (χ1n) is 16.0. The molecule has 6 aromatic carbocycles. The van der Waals surface area contributed by atoms with Crippen molar-refractivity contribution < 1.29 is 26.2 Å².